The number of hydrogen-bond acceptors (Lipinski definition) is 2. The van der Waals surface area contributed by atoms with Gasteiger partial charge in [0.2, 0.25) is 0 Å². The van der Waals surface area contributed by atoms with Crippen molar-refractivity contribution in [3.05, 3.63) is 65.6 Å². The van der Waals surface area contributed by atoms with Gasteiger partial charge in [0.05, 0.1) is 18.3 Å². The summed E-state index contributed by atoms with van der Waals surface area (Å²) in [6, 6.07) is 13.2. The van der Waals surface area contributed by atoms with E-state index in [1.807, 2.05) is 48.3 Å². The van der Waals surface area contributed by atoms with Crippen LogP contribution in [0.1, 0.15) is 11.1 Å². The number of nitrogens with one attached hydrogen (secondary N) is 1. The average Bonchev–Trinajstić information content (AvgIpc) is 2.86. The van der Waals surface area contributed by atoms with E-state index in [9.17, 15) is 4.39 Å². The minimum atomic E-state index is -0.190. The summed E-state index contributed by atoms with van der Waals surface area (Å²) in [6.45, 7) is 1.17. The first kappa shape index (κ1) is 12.8. The molecule has 0 aliphatic heterocycles. The molecule has 20 heavy (non-hydrogen) atoms. The van der Waals surface area contributed by atoms with Gasteiger partial charge in [-0.05, 0) is 30.8 Å². The molecule has 0 fully saturated rings. The third-order valence-electron chi connectivity index (χ3n) is 3.36. The maximum absolute atomic E-state index is 13.9. The van der Waals surface area contributed by atoms with Crippen molar-refractivity contribution in [2.45, 2.75) is 13.1 Å². The van der Waals surface area contributed by atoms with Crippen LogP contribution in [-0.4, -0.2) is 16.8 Å². The van der Waals surface area contributed by atoms with Gasteiger partial charge < -0.3 is 5.32 Å². The molecule has 3 nitrogen and oxygen atoms in total. The summed E-state index contributed by atoms with van der Waals surface area (Å²) in [5.74, 6) is -0.190. The highest BCUT2D eigenvalue weighted by atomic mass is 19.1. The van der Waals surface area contributed by atoms with E-state index in [1.165, 1.54) is 6.07 Å². The Bertz CT molecular complexity index is 733. The average molecular weight is 269 g/mol. The zero-order valence-electron chi connectivity index (χ0n) is 11.3. The summed E-state index contributed by atoms with van der Waals surface area (Å²) in [7, 11) is 1.88. The first-order valence-corrected chi connectivity index (χ1v) is 6.60. The van der Waals surface area contributed by atoms with Gasteiger partial charge in [0.25, 0.3) is 0 Å². The van der Waals surface area contributed by atoms with Crippen molar-refractivity contribution in [3.63, 3.8) is 0 Å². The number of nitrogens with zero attached hydrogens (tertiary/aromatic N) is 2. The molecule has 0 spiro atoms. The zero-order chi connectivity index (χ0) is 13.9. The smallest absolute Gasteiger partial charge is 0.128 e. The summed E-state index contributed by atoms with van der Waals surface area (Å²) in [5, 5.41) is 8.48. The molecule has 1 aromatic heterocycles. The SMILES string of the molecule is CNCc1ccc(F)c(Cn2ncc3ccccc32)c1. The predicted molar refractivity (Wildman–Crippen MR) is 78.0 cm³/mol. The van der Waals surface area contributed by atoms with Gasteiger partial charge >= 0.3 is 0 Å². The number of fused-ring (bicyclic) bond motifs is 1. The van der Waals surface area contributed by atoms with Gasteiger partial charge in [-0.2, -0.15) is 5.10 Å². The fourth-order valence-electron chi connectivity index (χ4n) is 2.38. The van der Waals surface area contributed by atoms with Crippen LogP contribution in [-0.2, 0) is 13.1 Å². The number of aromatic nitrogens is 2. The summed E-state index contributed by atoms with van der Waals surface area (Å²) < 4.78 is 15.8. The maximum atomic E-state index is 13.9. The van der Waals surface area contributed by atoms with E-state index in [0.717, 1.165) is 23.0 Å². The quantitative estimate of drug-likeness (QED) is 0.789. The van der Waals surface area contributed by atoms with Crippen molar-refractivity contribution in [3.8, 4) is 0 Å². The van der Waals surface area contributed by atoms with Crippen molar-refractivity contribution in [2.24, 2.45) is 0 Å². The number of halogens is 1. The van der Waals surface area contributed by atoms with Gasteiger partial charge in [-0.15, -0.1) is 0 Å². The largest absolute Gasteiger partial charge is 0.316 e. The van der Waals surface area contributed by atoms with Gasteiger partial charge in [-0.3, -0.25) is 4.68 Å². The number of rotatable bonds is 4. The lowest BCUT2D eigenvalue weighted by Gasteiger charge is -2.08. The highest BCUT2D eigenvalue weighted by Crippen LogP contribution is 2.17. The number of benzene rings is 2. The van der Waals surface area contributed by atoms with Crippen LogP contribution in [0.2, 0.25) is 0 Å². The van der Waals surface area contributed by atoms with Crippen molar-refractivity contribution in [2.75, 3.05) is 7.05 Å². The highest BCUT2D eigenvalue weighted by molar-refractivity contribution is 5.78. The predicted octanol–water partition coefficient (Wildman–Crippen LogP) is 2.94. The maximum Gasteiger partial charge on any atom is 0.128 e. The Morgan fingerprint density at radius 2 is 2.05 bits per heavy atom. The van der Waals surface area contributed by atoms with E-state index in [-0.39, 0.29) is 5.82 Å². The lowest BCUT2D eigenvalue weighted by atomic mass is 10.1. The molecule has 0 aliphatic carbocycles. The Morgan fingerprint density at radius 3 is 2.90 bits per heavy atom. The lowest BCUT2D eigenvalue weighted by Crippen LogP contribution is -2.08. The molecule has 0 saturated carbocycles. The molecule has 4 heteroatoms. The van der Waals surface area contributed by atoms with Crippen LogP contribution in [0.4, 0.5) is 4.39 Å². The van der Waals surface area contributed by atoms with Crippen LogP contribution < -0.4 is 5.32 Å². The van der Waals surface area contributed by atoms with E-state index in [0.29, 0.717) is 12.1 Å². The van der Waals surface area contributed by atoms with Gasteiger partial charge in [0.1, 0.15) is 5.82 Å². The van der Waals surface area contributed by atoms with Crippen LogP contribution in [0.15, 0.2) is 48.7 Å². The molecule has 1 heterocycles. The molecular weight excluding hydrogens is 253 g/mol. The minimum Gasteiger partial charge on any atom is -0.316 e. The molecule has 3 aromatic rings. The van der Waals surface area contributed by atoms with Crippen LogP contribution in [0, 0.1) is 5.82 Å². The Balaban J connectivity index is 1.96. The molecule has 0 amide bonds. The van der Waals surface area contributed by atoms with Crippen molar-refractivity contribution in [1.82, 2.24) is 15.1 Å². The van der Waals surface area contributed by atoms with Crippen LogP contribution in [0.5, 0.6) is 0 Å². The third kappa shape index (κ3) is 2.42. The molecule has 0 aliphatic rings. The topological polar surface area (TPSA) is 29.9 Å². The number of para-hydroxylation sites is 1. The van der Waals surface area contributed by atoms with Gasteiger partial charge in [-0.25, -0.2) is 4.39 Å². The molecule has 0 radical (unpaired) electrons. The summed E-state index contributed by atoms with van der Waals surface area (Å²) >= 11 is 0. The summed E-state index contributed by atoms with van der Waals surface area (Å²) in [6.07, 6.45) is 1.81. The molecule has 0 unspecified atom stereocenters. The molecule has 0 atom stereocenters. The van der Waals surface area contributed by atoms with E-state index in [2.05, 4.69) is 10.4 Å². The number of hydrogen-bond donors (Lipinski definition) is 1. The second kappa shape index (κ2) is 5.43. The van der Waals surface area contributed by atoms with Crippen molar-refractivity contribution < 1.29 is 4.39 Å². The molecule has 0 bridgehead atoms. The second-order valence-electron chi connectivity index (χ2n) is 4.82. The third-order valence-corrected chi connectivity index (χ3v) is 3.36. The van der Waals surface area contributed by atoms with E-state index >= 15 is 0 Å². The van der Waals surface area contributed by atoms with Crippen LogP contribution in [0.25, 0.3) is 10.9 Å². The van der Waals surface area contributed by atoms with Crippen LogP contribution in [0.3, 0.4) is 0 Å². The van der Waals surface area contributed by atoms with E-state index < -0.39 is 0 Å². The van der Waals surface area contributed by atoms with Gasteiger partial charge in [-0.1, -0.05) is 24.3 Å². The Labute approximate surface area is 117 Å². The Kier molecular flexibility index (Phi) is 3.48. The Hall–Kier alpha value is -2.20. The monoisotopic (exact) mass is 269 g/mol. The second-order valence-corrected chi connectivity index (χ2v) is 4.82. The molecular formula is C16H16FN3. The van der Waals surface area contributed by atoms with E-state index in [4.69, 9.17) is 0 Å². The fourth-order valence-corrected chi connectivity index (χ4v) is 2.38. The summed E-state index contributed by atoms with van der Waals surface area (Å²) in [5.41, 5.74) is 2.75. The highest BCUT2D eigenvalue weighted by Gasteiger charge is 2.07. The first-order chi connectivity index (χ1) is 9.78. The first-order valence-electron chi connectivity index (χ1n) is 6.60. The standard InChI is InChI=1S/C16H16FN3/c1-18-9-12-6-7-15(17)14(8-12)11-20-16-5-3-2-4-13(16)10-19-20/h2-8,10,18H,9,11H2,1H3. The Morgan fingerprint density at radius 1 is 1.20 bits per heavy atom. The van der Waals surface area contributed by atoms with Crippen molar-refractivity contribution in [1.29, 1.82) is 0 Å². The zero-order valence-corrected chi connectivity index (χ0v) is 11.3. The molecule has 1 N–H and O–H groups in total. The minimum absolute atomic E-state index is 0.190. The van der Waals surface area contributed by atoms with E-state index in [1.54, 1.807) is 6.07 Å². The lowest BCUT2D eigenvalue weighted by molar-refractivity contribution is 0.588. The van der Waals surface area contributed by atoms with Gasteiger partial charge in [0, 0.05) is 17.5 Å². The fraction of sp³-hybridized carbons (Fsp3) is 0.188. The molecule has 0 saturated heterocycles. The van der Waals surface area contributed by atoms with Crippen LogP contribution >= 0.6 is 0 Å². The molecule has 2 aromatic carbocycles. The van der Waals surface area contributed by atoms with Gasteiger partial charge in [0.15, 0.2) is 0 Å². The summed E-state index contributed by atoms with van der Waals surface area (Å²) in [4.78, 5) is 0. The van der Waals surface area contributed by atoms with Crippen molar-refractivity contribution >= 4 is 10.9 Å². The normalized spacial score (nSPS) is 11.1. The molecule has 3 rings (SSSR count). The molecule has 102 valence electrons.